The highest BCUT2D eigenvalue weighted by Gasteiger charge is 2.33. The molecule has 2 aromatic rings. The number of aryl methyl sites for hydroxylation is 1. The molecule has 1 aromatic heterocycles. The fourth-order valence-electron chi connectivity index (χ4n) is 4.65. The normalized spacial score (nSPS) is 20.8. The minimum atomic E-state index is -0.00670. The van der Waals surface area contributed by atoms with Crippen LogP contribution in [-0.4, -0.2) is 53.8 Å². The summed E-state index contributed by atoms with van der Waals surface area (Å²) >= 11 is 0. The molecule has 6 heteroatoms. The fourth-order valence-corrected chi connectivity index (χ4v) is 4.65. The maximum absolute atomic E-state index is 12.7. The Morgan fingerprint density at radius 1 is 1.07 bits per heavy atom. The van der Waals surface area contributed by atoms with Crippen LogP contribution >= 0.6 is 0 Å². The Morgan fingerprint density at radius 3 is 2.53 bits per heavy atom. The SMILES string of the molecule is Cc1ccoc1C(=O)N1CCC(N2CCC[C@H](C(=O)NCc3ccccc3)C2)CC1. The number of carbonyl (C=O) groups is 2. The van der Waals surface area contributed by atoms with Crippen LogP contribution in [0.3, 0.4) is 0 Å². The standard InChI is InChI=1S/C24H31N3O3/c1-18-11-15-30-22(18)24(29)26-13-9-21(10-14-26)27-12-5-8-20(17-27)23(28)25-16-19-6-3-2-4-7-19/h2-4,6-7,11,15,20-21H,5,8-10,12-14,16-17H2,1H3,(H,25,28)/t20-/m0/s1. The Hall–Kier alpha value is -2.60. The average Bonchev–Trinajstić information content (AvgIpc) is 3.23. The number of furan rings is 1. The first-order valence-electron chi connectivity index (χ1n) is 11.0. The molecule has 0 bridgehead atoms. The number of nitrogens with one attached hydrogen (secondary N) is 1. The van der Waals surface area contributed by atoms with Gasteiger partial charge in [0.25, 0.3) is 5.91 Å². The molecule has 2 amide bonds. The third kappa shape index (κ3) is 4.75. The monoisotopic (exact) mass is 409 g/mol. The highest BCUT2D eigenvalue weighted by atomic mass is 16.3. The lowest BCUT2D eigenvalue weighted by molar-refractivity contribution is -0.127. The zero-order valence-electron chi connectivity index (χ0n) is 17.7. The van der Waals surface area contributed by atoms with Crippen LogP contribution in [-0.2, 0) is 11.3 Å². The van der Waals surface area contributed by atoms with Gasteiger partial charge in [-0.1, -0.05) is 30.3 Å². The van der Waals surface area contributed by atoms with Gasteiger partial charge in [-0.15, -0.1) is 0 Å². The molecule has 30 heavy (non-hydrogen) atoms. The van der Waals surface area contributed by atoms with E-state index in [2.05, 4.69) is 10.2 Å². The predicted molar refractivity (Wildman–Crippen MR) is 115 cm³/mol. The second kappa shape index (κ2) is 9.47. The first-order valence-corrected chi connectivity index (χ1v) is 11.0. The first-order chi connectivity index (χ1) is 14.6. The number of carbonyl (C=O) groups excluding carboxylic acids is 2. The van der Waals surface area contributed by atoms with Crippen molar-refractivity contribution in [1.82, 2.24) is 15.1 Å². The molecule has 0 aliphatic carbocycles. The van der Waals surface area contributed by atoms with Crippen molar-refractivity contribution >= 4 is 11.8 Å². The van der Waals surface area contributed by atoms with Gasteiger partial charge >= 0.3 is 0 Å². The average molecular weight is 410 g/mol. The van der Waals surface area contributed by atoms with E-state index in [-0.39, 0.29) is 17.7 Å². The molecular weight excluding hydrogens is 378 g/mol. The summed E-state index contributed by atoms with van der Waals surface area (Å²) in [5, 5.41) is 3.11. The molecule has 0 spiro atoms. The smallest absolute Gasteiger partial charge is 0.289 e. The number of benzene rings is 1. The third-order valence-electron chi connectivity index (χ3n) is 6.46. The topological polar surface area (TPSA) is 65.8 Å². The van der Waals surface area contributed by atoms with Crippen LogP contribution in [0.1, 0.15) is 47.4 Å². The number of likely N-dealkylation sites (tertiary alicyclic amines) is 2. The molecule has 160 valence electrons. The van der Waals surface area contributed by atoms with Crippen molar-refractivity contribution in [1.29, 1.82) is 0 Å². The first kappa shape index (κ1) is 20.7. The summed E-state index contributed by atoms with van der Waals surface area (Å²) < 4.78 is 5.37. The molecule has 2 fully saturated rings. The summed E-state index contributed by atoms with van der Waals surface area (Å²) in [4.78, 5) is 29.7. The second-order valence-electron chi connectivity index (χ2n) is 8.49. The van der Waals surface area contributed by atoms with Gasteiger partial charge in [0.1, 0.15) is 0 Å². The number of rotatable bonds is 5. The Labute approximate surface area is 178 Å². The van der Waals surface area contributed by atoms with Crippen molar-refractivity contribution in [2.45, 2.75) is 45.2 Å². The number of amides is 2. The largest absolute Gasteiger partial charge is 0.459 e. The minimum absolute atomic E-state index is 0.00670. The van der Waals surface area contributed by atoms with E-state index in [9.17, 15) is 9.59 Å². The van der Waals surface area contributed by atoms with Crippen LogP contribution < -0.4 is 5.32 Å². The molecule has 3 heterocycles. The number of hydrogen-bond donors (Lipinski definition) is 1. The van der Waals surface area contributed by atoms with E-state index in [1.807, 2.05) is 48.2 Å². The minimum Gasteiger partial charge on any atom is -0.459 e. The molecule has 1 aromatic carbocycles. The molecule has 2 aliphatic rings. The van der Waals surface area contributed by atoms with Gasteiger partial charge in [0.05, 0.1) is 12.2 Å². The van der Waals surface area contributed by atoms with Crippen molar-refractivity contribution in [2.24, 2.45) is 5.92 Å². The summed E-state index contributed by atoms with van der Waals surface area (Å²) in [6.07, 6.45) is 5.47. The quantitative estimate of drug-likeness (QED) is 0.824. The van der Waals surface area contributed by atoms with Gasteiger partial charge in [0.2, 0.25) is 5.91 Å². The van der Waals surface area contributed by atoms with Gasteiger partial charge in [0, 0.05) is 37.8 Å². The lowest BCUT2D eigenvalue weighted by Gasteiger charge is -2.41. The van der Waals surface area contributed by atoms with Gasteiger partial charge in [-0.25, -0.2) is 0 Å². The van der Waals surface area contributed by atoms with Crippen LogP contribution in [0.15, 0.2) is 47.1 Å². The van der Waals surface area contributed by atoms with E-state index in [0.29, 0.717) is 18.3 Å². The van der Waals surface area contributed by atoms with Gasteiger partial charge in [-0.3, -0.25) is 14.5 Å². The van der Waals surface area contributed by atoms with Crippen LogP contribution in [0.4, 0.5) is 0 Å². The van der Waals surface area contributed by atoms with E-state index in [1.165, 1.54) is 0 Å². The summed E-state index contributed by atoms with van der Waals surface area (Å²) in [7, 11) is 0. The Balaban J connectivity index is 1.26. The lowest BCUT2D eigenvalue weighted by Crippen LogP contribution is -2.51. The molecule has 6 nitrogen and oxygen atoms in total. The van der Waals surface area contributed by atoms with Gasteiger partial charge < -0.3 is 14.6 Å². The number of nitrogens with zero attached hydrogens (tertiary/aromatic N) is 2. The molecule has 0 saturated carbocycles. The van der Waals surface area contributed by atoms with Crippen molar-refractivity contribution < 1.29 is 14.0 Å². The highest BCUT2D eigenvalue weighted by Crippen LogP contribution is 2.25. The van der Waals surface area contributed by atoms with E-state index in [1.54, 1.807) is 6.26 Å². The molecule has 0 unspecified atom stereocenters. The maximum Gasteiger partial charge on any atom is 0.289 e. The van der Waals surface area contributed by atoms with Crippen LogP contribution in [0.2, 0.25) is 0 Å². The maximum atomic E-state index is 12.7. The Kier molecular flexibility index (Phi) is 6.53. The zero-order chi connectivity index (χ0) is 20.9. The molecule has 4 rings (SSSR count). The summed E-state index contributed by atoms with van der Waals surface area (Å²) in [5.74, 6) is 0.659. The van der Waals surface area contributed by atoms with Gasteiger partial charge in [0.15, 0.2) is 5.76 Å². The van der Waals surface area contributed by atoms with Gasteiger partial charge in [-0.05, 0) is 50.8 Å². The summed E-state index contributed by atoms with van der Waals surface area (Å²) in [6, 6.07) is 12.3. The molecule has 0 radical (unpaired) electrons. The van der Waals surface area contributed by atoms with Crippen molar-refractivity contribution in [3.63, 3.8) is 0 Å². The van der Waals surface area contributed by atoms with Crippen LogP contribution in [0.5, 0.6) is 0 Å². The lowest BCUT2D eigenvalue weighted by atomic mass is 9.93. The van der Waals surface area contributed by atoms with E-state index in [4.69, 9.17) is 4.42 Å². The summed E-state index contributed by atoms with van der Waals surface area (Å²) in [5.41, 5.74) is 2.02. The van der Waals surface area contributed by atoms with Gasteiger partial charge in [-0.2, -0.15) is 0 Å². The molecular formula is C24H31N3O3. The van der Waals surface area contributed by atoms with Crippen molar-refractivity contribution in [3.05, 3.63) is 59.5 Å². The number of hydrogen-bond acceptors (Lipinski definition) is 4. The molecule has 2 aliphatic heterocycles. The zero-order valence-corrected chi connectivity index (χ0v) is 17.7. The molecule has 1 atom stereocenters. The molecule has 2 saturated heterocycles. The second-order valence-corrected chi connectivity index (χ2v) is 8.49. The van der Waals surface area contributed by atoms with Crippen molar-refractivity contribution in [3.8, 4) is 0 Å². The summed E-state index contributed by atoms with van der Waals surface area (Å²) in [6.45, 7) is 5.83. The predicted octanol–water partition coefficient (Wildman–Crippen LogP) is 3.22. The Morgan fingerprint density at radius 2 is 1.83 bits per heavy atom. The van der Waals surface area contributed by atoms with Crippen molar-refractivity contribution in [2.75, 3.05) is 26.2 Å². The van der Waals surface area contributed by atoms with E-state index in [0.717, 1.165) is 63.0 Å². The van der Waals surface area contributed by atoms with E-state index >= 15 is 0 Å². The van der Waals surface area contributed by atoms with Crippen LogP contribution in [0, 0.1) is 12.8 Å². The van der Waals surface area contributed by atoms with E-state index < -0.39 is 0 Å². The highest BCUT2D eigenvalue weighted by molar-refractivity contribution is 5.92. The number of piperidine rings is 2. The van der Waals surface area contributed by atoms with Crippen LogP contribution in [0.25, 0.3) is 0 Å². The Bertz CT molecular complexity index is 856. The fraction of sp³-hybridized carbons (Fsp3) is 0.500. The third-order valence-corrected chi connectivity index (χ3v) is 6.46. The molecule has 1 N–H and O–H groups in total.